The van der Waals surface area contributed by atoms with E-state index in [4.69, 9.17) is 0 Å². The highest BCUT2D eigenvalue weighted by molar-refractivity contribution is 5.85. The Bertz CT molecular complexity index is 1080. The maximum atomic E-state index is 11.6. The van der Waals surface area contributed by atoms with Crippen LogP contribution in [0.3, 0.4) is 0 Å². The van der Waals surface area contributed by atoms with E-state index >= 15 is 0 Å². The summed E-state index contributed by atoms with van der Waals surface area (Å²) in [5.41, 5.74) is 4.15. The van der Waals surface area contributed by atoms with E-state index in [1.807, 2.05) is 19.1 Å². The number of anilines is 1. The largest absolute Gasteiger partial charge is 0.393 e. The first-order valence-corrected chi connectivity index (χ1v) is 11.8. The van der Waals surface area contributed by atoms with Gasteiger partial charge in [0.2, 0.25) is 0 Å². The van der Waals surface area contributed by atoms with E-state index in [2.05, 4.69) is 63.7 Å². The molecule has 0 aliphatic carbocycles. The van der Waals surface area contributed by atoms with Gasteiger partial charge in [-0.3, -0.25) is 20.0 Å². The van der Waals surface area contributed by atoms with Crippen molar-refractivity contribution in [2.45, 2.75) is 44.8 Å². The summed E-state index contributed by atoms with van der Waals surface area (Å²) in [6.07, 6.45) is 1.07. The van der Waals surface area contributed by atoms with E-state index in [1.54, 1.807) is 13.0 Å². The molecule has 2 atom stereocenters. The molecule has 9 heteroatoms. The fourth-order valence-electron chi connectivity index (χ4n) is 5.13. The number of hydrogen-bond acceptors (Lipinski definition) is 6. The molecule has 2 aromatic carbocycles. The molecule has 2 N–H and O–H groups in total. The van der Waals surface area contributed by atoms with E-state index in [0.29, 0.717) is 30.9 Å². The molecule has 1 fully saturated rings. The number of benzene rings is 2. The molecule has 1 aliphatic heterocycles. The Morgan fingerprint density at radius 2 is 1.67 bits per heavy atom. The molecule has 1 aliphatic rings. The first-order chi connectivity index (χ1) is 16.4. The molecule has 4 rings (SSSR count). The van der Waals surface area contributed by atoms with Crippen molar-refractivity contribution in [3.63, 3.8) is 0 Å². The van der Waals surface area contributed by atoms with Crippen molar-refractivity contribution in [2.24, 2.45) is 0 Å². The minimum absolute atomic E-state index is 0. The molecule has 0 amide bonds. The molecule has 0 saturated carbocycles. The number of aliphatic hydroxyl groups is 1. The van der Waals surface area contributed by atoms with Gasteiger partial charge in [-0.2, -0.15) is 0 Å². The number of aliphatic hydroxyl groups excluding tert-OH is 1. The number of halogens is 2. The fourth-order valence-corrected chi connectivity index (χ4v) is 5.13. The number of likely N-dealkylation sites (tertiary alicyclic amines) is 1. The van der Waals surface area contributed by atoms with Crippen LogP contribution in [0.4, 0.5) is 11.4 Å². The number of nitro groups is 1. The molecule has 0 spiro atoms. The van der Waals surface area contributed by atoms with Gasteiger partial charge >= 0.3 is 5.69 Å². The molecule has 1 saturated heterocycles. The summed E-state index contributed by atoms with van der Waals surface area (Å²) in [5.74, 6) is 0.122. The highest BCUT2D eigenvalue weighted by Gasteiger charge is 2.35. The van der Waals surface area contributed by atoms with E-state index < -0.39 is 0 Å². The van der Waals surface area contributed by atoms with Crippen molar-refractivity contribution in [1.82, 2.24) is 9.88 Å². The van der Waals surface area contributed by atoms with Gasteiger partial charge in [-0.05, 0) is 43.9 Å². The van der Waals surface area contributed by atoms with Crippen molar-refractivity contribution in [3.8, 4) is 0 Å². The molecule has 0 bridgehead atoms. The van der Waals surface area contributed by atoms with Gasteiger partial charge in [-0.1, -0.05) is 60.7 Å². The molecular weight excluding hydrogens is 499 g/mol. The monoisotopic (exact) mass is 532 g/mol. The van der Waals surface area contributed by atoms with Crippen LogP contribution < -0.4 is 5.32 Å². The van der Waals surface area contributed by atoms with E-state index in [-0.39, 0.29) is 53.5 Å². The minimum atomic E-state index is -0.370. The number of aryl methyl sites for hydroxylation is 2. The van der Waals surface area contributed by atoms with Crippen LogP contribution in [0.15, 0.2) is 66.7 Å². The number of aromatic nitrogens is 1. The van der Waals surface area contributed by atoms with E-state index in [9.17, 15) is 15.2 Å². The van der Waals surface area contributed by atoms with Crippen molar-refractivity contribution < 1.29 is 10.0 Å². The topological polar surface area (TPSA) is 91.5 Å². The lowest BCUT2D eigenvalue weighted by Gasteiger charge is -2.42. The predicted molar refractivity (Wildman–Crippen MR) is 149 cm³/mol. The smallest absolute Gasteiger partial charge is 0.313 e. The fraction of sp³-hybridized carbons (Fsp3) is 0.370. The second kappa shape index (κ2) is 13.6. The van der Waals surface area contributed by atoms with Crippen molar-refractivity contribution in [3.05, 3.63) is 99.4 Å². The van der Waals surface area contributed by atoms with Crippen LogP contribution in [0, 0.1) is 24.0 Å². The summed E-state index contributed by atoms with van der Waals surface area (Å²) in [7, 11) is 0. The Balaban J connectivity index is 0.00000228. The van der Waals surface area contributed by atoms with Gasteiger partial charge < -0.3 is 10.4 Å². The average molecular weight is 534 g/mol. The summed E-state index contributed by atoms with van der Waals surface area (Å²) in [6.45, 7) is 5.56. The molecular formula is C27H34Cl2N4O3. The lowest BCUT2D eigenvalue weighted by Crippen LogP contribution is -2.49. The molecule has 194 valence electrons. The van der Waals surface area contributed by atoms with Crippen molar-refractivity contribution in [1.29, 1.82) is 0 Å². The zero-order valence-electron chi connectivity index (χ0n) is 20.5. The maximum absolute atomic E-state index is 11.6. The van der Waals surface area contributed by atoms with Crippen LogP contribution in [0.5, 0.6) is 0 Å². The Morgan fingerprint density at radius 1 is 1.08 bits per heavy atom. The van der Waals surface area contributed by atoms with Gasteiger partial charge in [-0.25, -0.2) is 0 Å². The van der Waals surface area contributed by atoms with Crippen LogP contribution in [0.1, 0.15) is 41.3 Å². The molecule has 2 unspecified atom stereocenters. The normalized spacial score (nSPS) is 17.7. The first-order valence-electron chi connectivity index (χ1n) is 11.8. The van der Waals surface area contributed by atoms with Gasteiger partial charge in [-0.15, -0.1) is 24.8 Å². The zero-order valence-corrected chi connectivity index (χ0v) is 22.2. The third-order valence-electron chi connectivity index (χ3n) is 6.63. The Labute approximate surface area is 224 Å². The highest BCUT2D eigenvalue weighted by Crippen LogP contribution is 2.36. The lowest BCUT2D eigenvalue weighted by atomic mass is 9.80. The lowest BCUT2D eigenvalue weighted by molar-refractivity contribution is -0.384. The summed E-state index contributed by atoms with van der Waals surface area (Å²) >= 11 is 0. The number of piperidine rings is 1. The second-order valence-electron chi connectivity index (χ2n) is 9.01. The summed E-state index contributed by atoms with van der Waals surface area (Å²) in [4.78, 5) is 17.9. The van der Waals surface area contributed by atoms with Crippen LogP contribution >= 0.6 is 24.8 Å². The number of nitrogens with zero attached hydrogens (tertiary/aromatic N) is 3. The van der Waals surface area contributed by atoms with Crippen LogP contribution in [0.25, 0.3) is 0 Å². The molecule has 36 heavy (non-hydrogen) atoms. The molecule has 3 aromatic rings. The zero-order chi connectivity index (χ0) is 24.1. The predicted octanol–water partition coefficient (Wildman–Crippen LogP) is 5.52. The number of rotatable bonds is 8. The van der Waals surface area contributed by atoms with Crippen LogP contribution in [-0.4, -0.2) is 51.7 Å². The van der Waals surface area contributed by atoms with Gasteiger partial charge in [0, 0.05) is 37.3 Å². The van der Waals surface area contributed by atoms with E-state index in [0.717, 1.165) is 18.7 Å². The third-order valence-corrected chi connectivity index (χ3v) is 6.63. The van der Waals surface area contributed by atoms with Crippen LogP contribution in [-0.2, 0) is 0 Å². The van der Waals surface area contributed by atoms with Crippen molar-refractivity contribution in [2.75, 3.05) is 25.0 Å². The molecule has 0 radical (unpaired) electrons. The minimum Gasteiger partial charge on any atom is -0.393 e. The molecule has 1 aromatic heterocycles. The van der Waals surface area contributed by atoms with Gasteiger partial charge in [0.1, 0.15) is 11.4 Å². The number of nitrogens with one attached hydrogen (secondary N) is 1. The number of hydrogen-bond donors (Lipinski definition) is 2. The SMILES string of the molecule is Cc1cc(NCCN2CCC(O)CC2C(c2ccccc2)c2ccccc2)c([N+](=O)[O-])c(C)n1.Cl.Cl. The second-order valence-corrected chi connectivity index (χ2v) is 9.01. The van der Waals surface area contributed by atoms with Crippen molar-refractivity contribution >= 4 is 36.2 Å². The highest BCUT2D eigenvalue weighted by atomic mass is 35.5. The summed E-state index contributed by atoms with van der Waals surface area (Å²) in [6, 6.07) is 22.7. The standard InChI is InChI=1S/C27H32N4O3.2ClH/c1-19-17-24(27(31(33)34)20(2)29-19)28-14-16-30-15-13-23(32)18-25(30)26(21-9-5-3-6-10-21)22-11-7-4-8-12-22;;/h3-12,17,23,25-26,32H,13-16,18H2,1-2H3,(H,28,29);2*1H. The third kappa shape index (κ3) is 6.95. The van der Waals surface area contributed by atoms with Crippen LogP contribution in [0.2, 0.25) is 0 Å². The quantitative estimate of drug-likeness (QED) is 0.293. The van der Waals surface area contributed by atoms with Gasteiger partial charge in [0.15, 0.2) is 0 Å². The molecule has 2 heterocycles. The maximum Gasteiger partial charge on any atom is 0.313 e. The summed E-state index contributed by atoms with van der Waals surface area (Å²) < 4.78 is 0. The Kier molecular flexibility index (Phi) is 11.1. The summed E-state index contributed by atoms with van der Waals surface area (Å²) in [5, 5.41) is 25.5. The van der Waals surface area contributed by atoms with Gasteiger partial charge in [0.25, 0.3) is 0 Å². The number of pyridine rings is 1. The first kappa shape index (κ1) is 29.5. The Morgan fingerprint density at radius 3 is 2.22 bits per heavy atom. The van der Waals surface area contributed by atoms with Gasteiger partial charge in [0.05, 0.1) is 11.0 Å². The average Bonchev–Trinajstić information content (AvgIpc) is 2.81. The molecule has 7 nitrogen and oxygen atoms in total. The van der Waals surface area contributed by atoms with E-state index in [1.165, 1.54) is 11.1 Å². The Hall–Kier alpha value is -2.71.